The maximum Gasteiger partial charge on any atom is 0.0449 e. The molecule has 1 unspecified atom stereocenters. The van der Waals surface area contributed by atoms with Crippen molar-refractivity contribution < 1.29 is 0 Å². The third-order valence-electron chi connectivity index (χ3n) is 2.15. The van der Waals surface area contributed by atoms with Gasteiger partial charge in [-0.3, -0.25) is 0 Å². The predicted molar refractivity (Wildman–Crippen MR) is 64.9 cm³/mol. The van der Waals surface area contributed by atoms with Gasteiger partial charge >= 0.3 is 0 Å². The number of hydrogen-bond acceptors (Lipinski definition) is 2. The van der Waals surface area contributed by atoms with Crippen LogP contribution in [-0.4, -0.2) is 6.54 Å². The number of hydrogen-bond donors (Lipinski definition) is 1. The summed E-state index contributed by atoms with van der Waals surface area (Å²) in [6.45, 7) is 9.23. The molecule has 0 aliphatic heterocycles. The molecule has 0 radical (unpaired) electrons. The van der Waals surface area contributed by atoms with Crippen molar-refractivity contribution >= 4 is 11.3 Å². The first-order chi connectivity index (χ1) is 6.77. The van der Waals surface area contributed by atoms with Crippen molar-refractivity contribution in [2.75, 3.05) is 6.54 Å². The Balaban J connectivity index is 2.61. The van der Waals surface area contributed by atoms with E-state index in [1.54, 1.807) is 0 Å². The molecule has 14 heavy (non-hydrogen) atoms. The van der Waals surface area contributed by atoms with Gasteiger partial charge in [0.05, 0.1) is 0 Å². The Morgan fingerprint density at radius 1 is 1.57 bits per heavy atom. The SMILES string of the molecule is C=CCC(NCCC)c1ccc(C)s1. The van der Waals surface area contributed by atoms with Gasteiger partial charge in [0.2, 0.25) is 0 Å². The lowest BCUT2D eigenvalue weighted by atomic mass is 10.1. The van der Waals surface area contributed by atoms with Crippen LogP contribution in [0.3, 0.4) is 0 Å². The third-order valence-corrected chi connectivity index (χ3v) is 3.26. The van der Waals surface area contributed by atoms with Gasteiger partial charge < -0.3 is 5.32 Å². The highest BCUT2D eigenvalue weighted by Gasteiger charge is 2.09. The van der Waals surface area contributed by atoms with Crippen LogP contribution in [0.1, 0.15) is 35.6 Å². The fourth-order valence-corrected chi connectivity index (χ4v) is 2.39. The quantitative estimate of drug-likeness (QED) is 0.705. The molecule has 0 aliphatic rings. The first-order valence-corrected chi connectivity index (χ1v) is 6.00. The molecule has 1 aromatic rings. The Labute approximate surface area is 90.9 Å². The zero-order chi connectivity index (χ0) is 10.4. The summed E-state index contributed by atoms with van der Waals surface area (Å²) in [7, 11) is 0. The van der Waals surface area contributed by atoms with Gasteiger partial charge in [0.15, 0.2) is 0 Å². The third kappa shape index (κ3) is 3.28. The van der Waals surface area contributed by atoms with Gasteiger partial charge in [-0.1, -0.05) is 13.0 Å². The fourth-order valence-electron chi connectivity index (χ4n) is 1.43. The minimum atomic E-state index is 0.464. The van der Waals surface area contributed by atoms with Crippen molar-refractivity contribution in [1.82, 2.24) is 5.32 Å². The molecule has 1 N–H and O–H groups in total. The standard InChI is InChI=1S/C12H19NS/c1-4-6-11(13-9-5-2)12-8-7-10(3)14-12/h4,7-8,11,13H,1,5-6,9H2,2-3H3. The maximum absolute atomic E-state index is 3.81. The first-order valence-electron chi connectivity index (χ1n) is 5.18. The van der Waals surface area contributed by atoms with Gasteiger partial charge in [0.25, 0.3) is 0 Å². The summed E-state index contributed by atoms with van der Waals surface area (Å²) in [6.07, 6.45) is 4.18. The lowest BCUT2D eigenvalue weighted by Gasteiger charge is -2.14. The molecule has 1 heterocycles. The Hall–Kier alpha value is -0.600. The molecular formula is C12H19NS. The van der Waals surface area contributed by atoms with Crippen LogP contribution in [0, 0.1) is 6.92 Å². The second-order valence-corrected chi connectivity index (χ2v) is 4.80. The lowest BCUT2D eigenvalue weighted by Crippen LogP contribution is -2.20. The minimum absolute atomic E-state index is 0.464. The van der Waals surface area contributed by atoms with E-state index in [0.29, 0.717) is 6.04 Å². The number of thiophene rings is 1. The summed E-state index contributed by atoms with van der Waals surface area (Å²) >= 11 is 1.88. The summed E-state index contributed by atoms with van der Waals surface area (Å²) in [6, 6.07) is 4.87. The summed E-state index contributed by atoms with van der Waals surface area (Å²) in [5, 5.41) is 3.54. The van der Waals surface area contributed by atoms with Crippen molar-refractivity contribution in [3.05, 3.63) is 34.5 Å². The van der Waals surface area contributed by atoms with Crippen LogP contribution in [-0.2, 0) is 0 Å². The van der Waals surface area contributed by atoms with Gasteiger partial charge in [-0.15, -0.1) is 17.9 Å². The van der Waals surface area contributed by atoms with E-state index in [4.69, 9.17) is 0 Å². The molecule has 0 saturated heterocycles. The largest absolute Gasteiger partial charge is 0.309 e. The number of nitrogens with one attached hydrogen (secondary N) is 1. The molecule has 0 aromatic carbocycles. The molecular weight excluding hydrogens is 190 g/mol. The van der Waals surface area contributed by atoms with E-state index in [0.717, 1.165) is 13.0 Å². The molecule has 1 nitrogen and oxygen atoms in total. The lowest BCUT2D eigenvalue weighted by molar-refractivity contribution is 0.544. The van der Waals surface area contributed by atoms with Crippen LogP contribution >= 0.6 is 11.3 Å². The average molecular weight is 209 g/mol. The van der Waals surface area contributed by atoms with Crippen LogP contribution in [0.4, 0.5) is 0 Å². The molecule has 1 aromatic heterocycles. The van der Waals surface area contributed by atoms with Gasteiger partial charge in [-0.25, -0.2) is 0 Å². The van der Waals surface area contributed by atoms with E-state index in [1.807, 2.05) is 17.4 Å². The van der Waals surface area contributed by atoms with Crippen LogP contribution in [0.15, 0.2) is 24.8 Å². The van der Waals surface area contributed by atoms with Crippen LogP contribution in [0.2, 0.25) is 0 Å². The van der Waals surface area contributed by atoms with Crippen molar-refractivity contribution in [3.63, 3.8) is 0 Å². The van der Waals surface area contributed by atoms with Gasteiger partial charge in [0.1, 0.15) is 0 Å². The molecule has 1 atom stereocenters. The maximum atomic E-state index is 3.81. The molecule has 0 spiro atoms. The highest BCUT2D eigenvalue weighted by atomic mass is 32.1. The Morgan fingerprint density at radius 3 is 2.86 bits per heavy atom. The van der Waals surface area contributed by atoms with E-state index in [1.165, 1.54) is 16.2 Å². The zero-order valence-electron chi connectivity index (χ0n) is 9.05. The first kappa shape index (κ1) is 11.5. The highest BCUT2D eigenvalue weighted by Crippen LogP contribution is 2.25. The van der Waals surface area contributed by atoms with Gasteiger partial charge in [-0.2, -0.15) is 0 Å². The topological polar surface area (TPSA) is 12.0 Å². The monoisotopic (exact) mass is 209 g/mol. The smallest absolute Gasteiger partial charge is 0.0449 e. The zero-order valence-corrected chi connectivity index (χ0v) is 9.86. The van der Waals surface area contributed by atoms with Crippen LogP contribution < -0.4 is 5.32 Å². The van der Waals surface area contributed by atoms with E-state index < -0.39 is 0 Å². The molecule has 0 amide bonds. The highest BCUT2D eigenvalue weighted by molar-refractivity contribution is 7.12. The summed E-state index contributed by atoms with van der Waals surface area (Å²) in [5.41, 5.74) is 0. The van der Waals surface area contributed by atoms with Gasteiger partial charge in [0, 0.05) is 15.8 Å². The Kier molecular flexibility index (Phi) is 4.91. The molecule has 0 fully saturated rings. The normalized spacial score (nSPS) is 12.7. The predicted octanol–water partition coefficient (Wildman–Crippen LogP) is 3.67. The summed E-state index contributed by atoms with van der Waals surface area (Å²) in [5.74, 6) is 0. The van der Waals surface area contributed by atoms with E-state index in [-0.39, 0.29) is 0 Å². The molecule has 0 bridgehead atoms. The van der Waals surface area contributed by atoms with Gasteiger partial charge in [-0.05, 0) is 38.4 Å². The fraction of sp³-hybridized carbons (Fsp3) is 0.500. The van der Waals surface area contributed by atoms with Crippen LogP contribution in [0.5, 0.6) is 0 Å². The Bertz CT molecular complexity index is 278. The van der Waals surface area contributed by atoms with Crippen LogP contribution in [0.25, 0.3) is 0 Å². The second-order valence-electron chi connectivity index (χ2n) is 3.48. The minimum Gasteiger partial charge on any atom is -0.309 e. The average Bonchev–Trinajstić information content (AvgIpc) is 2.59. The number of rotatable bonds is 6. The number of aryl methyl sites for hydroxylation is 1. The molecule has 0 saturated carbocycles. The van der Waals surface area contributed by atoms with Crippen molar-refractivity contribution in [1.29, 1.82) is 0 Å². The summed E-state index contributed by atoms with van der Waals surface area (Å²) < 4.78 is 0. The molecule has 78 valence electrons. The van der Waals surface area contributed by atoms with E-state index >= 15 is 0 Å². The molecule has 1 rings (SSSR count). The van der Waals surface area contributed by atoms with Crippen molar-refractivity contribution in [2.45, 2.75) is 32.7 Å². The Morgan fingerprint density at radius 2 is 2.36 bits per heavy atom. The van der Waals surface area contributed by atoms with E-state index in [9.17, 15) is 0 Å². The summed E-state index contributed by atoms with van der Waals surface area (Å²) in [4.78, 5) is 2.81. The molecule has 2 heteroatoms. The molecule has 0 aliphatic carbocycles. The van der Waals surface area contributed by atoms with Crippen molar-refractivity contribution in [2.24, 2.45) is 0 Å². The second kappa shape index (κ2) is 5.99. The van der Waals surface area contributed by atoms with E-state index in [2.05, 4.69) is 37.9 Å². The van der Waals surface area contributed by atoms with Crippen molar-refractivity contribution in [3.8, 4) is 0 Å².